The Kier molecular flexibility index (Phi) is 5.87. The van der Waals surface area contributed by atoms with Gasteiger partial charge in [0.05, 0.1) is 19.9 Å². The van der Waals surface area contributed by atoms with E-state index < -0.39 is 16.1 Å². The Morgan fingerprint density at radius 3 is 2.21 bits per heavy atom. The number of imidazole rings is 1. The van der Waals surface area contributed by atoms with Gasteiger partial charge in [0.15, 0.2) is 0 Å². The van der Waals surface area contributed by atoms with Gasteiger partial charge in [-0.2, -0.15) is 9.82 Å². The molecule has 156 valence electrons. The number of ether oxygens (including phenoxy) is 2. The molecule has 0 radical (unpaired) electrons. The molecular formula is C18H22ClN5O4S. The highest BCUT2D eigenvalue weighted by molar-refractivity contribution is 7.89. The minimum absolute atomic E-state index is 0.0248. The van der Waals surface area contributed by atoms with Crippen LogP contribution in [0.5, 0.6) is 11.5 Å². The second-order valence-corrected chi connectivity index (χ2v) is 8.43. The van der Waals surface area contributed by atoms with Gasteiger partial charge >= 0.3 is 0 Å². The Bertz CT molecular complexity index is 1120. The summed E-state index contributed by atoms with van der Waals surface area (Å²) in [6, 6.07) is 4.33. The van der Waals surface area contributed by atoms with E-state index in [2.05, 4.69) is 14.8 Å². The molecule has 0 saturated heterocycles. The molecule has 1 N–H and O–H groups in total. The predicted octanol–water partition coefficient (Wildman–Crippen LogP) is 2.20. The summed E-state index contributed by atoms with van der Waals surface area (Å²) < 4.78 is 42.9. The fraction of sp³-hybridized carbons (Fsp3) is 0.333. The van der Waals surface area contributed by atoms with Gasteiger partial charge in [-0.15, -0.1) is 0 Å². The van der Waals surface area contributed by atoms with Crippen LogP contribution in [0.15, 0.2) is 35.5 Å². The summed E-state index contributed by atoms with van der Waals surface area (Å²) in [5, 5.41) is 4.12. The summed E-state index contributed by atoms with van der Waals surface area (Å²) in [6.07, 6.45) is 3.33. The van der Waals surface area contributed by atoms with Gasteiger partial charge in [-0.3, -0.25) is 4.68 Å². The molecule has 0 aliphatic carbocycles. The normalized spacial score (nSPS) is 12.8. The molecule has 2 heterocycles. The third kappa shape index (κ3) is 4.09. The Labute approximate surface area is 174 Å². The van der Waals surface area contributed by atoms with Crippen molar-refractivity contribution < 1.29 is 17.9 Å². The van der Waals surface area contributed by atoms with Crippen LogP contribution in [0.1, 0.15) is 23.1 Å². The van der Waals surface area contributed by atoms with Crippen molar-refractivity contribution in [1.29, 1.82) is 0 Å². The first kappa shape index (κ1) is 21.2. The van der Waals surface area contributed by atoms with E-state index in [-0.39, 0.29) is 10.0 Å². The summed E-state index contributed by atoms with van der Waals surface area (Å²) in [6.45, 7) is 1.59. The SMILES string of the molecule is COc1cc(OC)cc(C(NS(=O)(=O)c2c(C)nn(C)c2Cl)c2nccn2C)c1. The molecule has 1 atom stereocenters. The molecule has 3 rings (SSSR count). The number of methoxy groups -OCH3 is 2. The van der Waals surface area contributed by atoms with E-state index in [4.69, 9.17) is 21.1 Å². The zero-order chi connectivity index (χ0) is 21.3. The topological polar surface area (TPSA) is 100 Å². The molecule has 0 fully saturated rings. The highest BCUT2D eigenvalue weighted by Gasteiger charge is 2.31. The molecule has 0 spiro atoms. The summed E-state index contributed by atoms with van der Waals surface area (Å²) in [5.41, 5.74) is 0.892. The zero-order valence-corrected chi connectivity index (χ0v) is 18.2. The van der Waals surface area contributed by atoms with Crippen molar-refractivity contribution >= 4 is 21.6 Å². The monoisotopic (exact) mass is 439 g/mol. The van der Waals surface area contributed by atoms with Gasteiger partial charge in [0.2, 0.25) is 10.0 Å². The van der Waals surface area contributed by atoms with Gasteiger partial charge in [0, 0.05) is 32.6 Å². The van der Waals surface area contributed by atoms with Crippen molar-refractivity contribution in [3.8, 4) is 11.5 Å². The average Bonchev–Trinajstić information content (AvgIpc) is 3.21. The van der Waals surface area contributed by atoms with Crippen LogP contribution in [0.3, 0.4) is 0 Å². The highest BCUT2D eigenvalue weighted by atomic mass is 35.5. The third-order valence-electron chi connectivity index (χ3n) is 4.47. The second-order valence-electron chi connectivity index (χ2n) is 6.43. The summed E-state index contributed by atoms with van der Waals surface area (Å²) >= 11 is 6.20. The lowest BCUT2D eigenvalue weighted by molar-refractivity contribution is 0.392. The number of sulfonamides is 1. The Morgan fingerprint density at radius 1 is 1.14 bits per heavy atom. The van der Waals surface area contributed by atoms with Crippen LogP contribution in [-0.2, 0) is 24.1 Å². The van der Waals surface area contributed by atoms with Crippen molar-refractivity contribution in [1.82, 2.24) is 24.1 Å². The third-order valence-corrected chi connectivity index (χ3v) is 6.58. The Morgan fingerprint density at radius 2 is 1.76 bits per heavy atom. The lowest BCUT2D eigenvalue weighted by Crippen LogP contribution is -2.31. The second kappa shape index (κ2) is 8.05. The summed E-state index contributed by atoms with van der Waals surface area (Å²) in [4.78, 5) is 4.26. The van der Waals surface area contributed by atoms with Crippen LogP contribution in [0.2, 0.25) is 5.15 Å². The van der Waals surface area contributed by atoms with Gasteiger partial charge in [-0.1, -0.05) is 11.6 Å². The van der Waals surface area contributed by atoms with Crippen molar-refractivity contribution in [2.24, 2.45) is 14.1 Å². The van der Waals surface area contributed by atoms with E-state index in [9.17, 15) is 8.42 Å². The molecule has 1 unspecified atom stereocenters. The van der Waals surface area contributed by atoms with Crippen molar-refractivity contribution in [3.63, 3.8) is 0 Å². The maximum absolute atomic E-state index is 13.2. The van der Waals surface area contributed by atoms with E-state index in [1.54, 1.807) is 56.2 Å². The molecule has 2 aromatic heterocycles. The zero-order valence-electron chi connectivity index (χ0n) is 16.7. The lowest BCUT2D eigenvalue weighted by Gasteiger charge is -2.20. The molecule has 3 aromatic rings. The molecule has 29 heavy (non-hydrogen) atoms. The van der Waals surface area contributed by atoms with E-state index in [1.165, 1.54) is 18.9 Å². The molecule has 9 nitrogen and oxygen atoms in total. The van der Waals surface area contributed by atoms with Crippen molar-refractivity contribution in [3.05, 3.63) is 52.8 Å². The van der Waals surface area contributed by atoms with Gasteiger partial charge in [-0.05, 0) is 24.6 Å². The van der Waals surface area contributed by atoms with Crippen LogP contribution < -0.4 is 14.2 Å². The predicted molar refractivity (Wildman–Crippen MR) is 108 cm³/mol. The smallest absolute Gasteiger partial charge is 0.246 e. The quantitative estimate of drug-likeness (QED) is 0.605. The number of hydrogen-bond acceptors (Lipinski definition) is 6. The number of aryl methyl sites for hydroxylation is 3. The molecular weight excluding hydrogens is 418 g/mol. The molecule has 0 bridgehead atoms. The molecule has 0 aliphatic rings. The van der Waals surface area contributed by atoms with Crippen LogP contribution in [-0.4, -0.2) is 42.0 Å². The van der Waals surface area contributed by atoms with E-state index in [0.29, 0.717) is 28.6 Å². The van der Waals surface area contributed by atoms with E-state index in [0.717, 1.165) is 0 Å². The fourth-order valence-electron chi connectivity index (χ4n) is 3.05. The Balaban J connectivity index is 2.15. The maximum Gasteiger partial charge on any atom is 0.246 e. The van der Waals surface area contributed by atoms with Crippen molar-refractivity contribution in [2.75, 3.05) is 14.2 Å². The van der Waals surface area contributed by atoms with Gasteiger partial charge in [0.1, 0.15) is 33.4 Å². The number of halogens is 1. The molecule has 0 amide bonds. The van der Waals surface area contributed by atoms with Crippen LogP contribution in [0, 0.1) is 6.92 Å². The number of rotatable bonds is 7. The van der Waals surface area contributed by atoms with Gasteiger partial charge < -0.3 is 14.0 Å². The van der Waals surface area contributed by atoms with Crippen LogP contribution >= 0.6 is 11.6 Å². The number of nitrogens with one attached hydrogen (secondary N) is 1. The van der Waals surface area contributed by atoms with E-state index >= 15 is 0 Å². The average molecular weight is 440 g/mol. The first-order valence-corrected chi connectivity index (χ1v) is 10.5. The van der Waals surface area contributed by atoms with Crippen molar-refractivity contribution in [2.45, 2.75) is 17.9 Å². The minimum Gasteiger partial charge on any atom is -0.497 e. The number of nitrogens with zero attached hydrogens (tertiary/aromatic N) is 4. The standard InChI is InChI=1S/C18H22ClN5O4S/c1-11-16(17(19)24(3)21-11)29(25,26)22-15(18-20-6-7-23(18)2)12-8-13(27-4)10-14(9-12)28-5/h6-10,15,22H,1-5H3. The molecule has 11 heteroatoms. The molecule has 0 aliphatic heterocycles. The highest BCUT2D eigenvalue weighted by Crippen LogP contribution is 2.32. The van der Waals surface area contributed by atoms with Gasteiger partial charge in [0.25, 0.3) is 0 Å². The largest absolute Gasteiger partial charge is 0.497 e. The maximum atomic E-state index is 13.2. The van der Waals surface area contributed by atoms with Crippen LogP contribution in [0.4, 0.5) is 0 Å². The number of benzene rings is 1. The van der Waals surface area contributed by atoms with Crippen LogP contribution in [0.25, 0.3) is 0 Å². The fourth-order valence-corrected chi connectivity index (χ4v) is 4.98. The first-order chi connectivity index (χ1) is 13.7. The first-order valence-electron chi connectivity index (χ1n) is 8.59. The van der Waals surface area contributed by atoms with E-state index in [1.807, 2.05) is 0 Å². The summed E-state index contributed by atoms with van der Waals surface area (Å²) in [7, 11) is 2.38. The Hall–Kier alpha value is -2.56. The van der Waals surface area contributed by atoms with Gasteiger partial charge in [-0.25, -0.2) is 13.4 Å². The minimum atomic E-state index is -4.03. The molecule has 1 aromatic carbocycles. The molecule has 0 saturated carbocycles. The summed E-state index contributed by atoms with van der Waals surface area (Å²) in [5.74, 6) is 1.53. The lowest BCUT2D eigenvalue weighted by atomic mass is 10.1. The number of hydrogen-bond donors (Lipinski definition) is 1. The number of aromatic nitrogens is 4.